The second-order valence-corrected chi connectivity index (χ2v) is 4.57. The Balaban J connectivity index is 2.09. The largest absolute Gasteiger partial charge is 0.494 e. The van der Waals surface area contributed by atoms with Crippen molar-refractivity contribution in [2.45, 2.75) is 12.8 Å². The maximum absolute atomic E-state index is 6.07. The van der Waals surface area contributed by atoms with E-state index >= 15 is 0 Å². The fourth-order valence-corrected chi connectivity index (χ4v) is 2.41. The van der Waals surface area contributed by atoms with Gasteiger partial charge in [-0.15, -0.1) is 11.6 Å². The number of hydrogen-bond acceptors (Lipinski definition) is 3. The van der Waals surface area contributed by atoms with Crippen LogP contribution in [0.1, 0.15) is 12.5 Å². The van der Waals surface area contributed by atoms with Crippen LogP contribution in [0.3, 0.4) is 0 Å². The standard InChI is InChI=1S/C15H14ClN3O/c1-2-20-12-6-4-11(5-7-12)14-13(10-16)15-17-8-3-9-19(15)18-14/h3-9H,2,10H2,1H3. The molecule has 0 aliphatic rings. The van der Waals surface area contributed by atoms with E-state index in [1.54, 1.807) is 10.7 Å². The minimum Gasteiger partial charge on any atom is -0.494 e. The molecule has 20 heavy (non-hydrogen) atoms. The van der Waals surface area contributed by atoms with E-state index in [0.29, 0.717) is 12.5 Å². The van der Waals surface area contributed by atoms with Crippen LogP contribution in [-0.2, 0) is 5.88 Å². The van der Waals surface area contributed by atoms with Gasteiger partial charge in [0.05, 0.1) is 18.2 Å². The minimum absolute atomic E-state index is 0.378. The fraction of sp³-hybridized carbons (Fsp3) is 0.200. The Morgan fingerprint density at radius 3 is 2.75 bits per heavy atom. The van der Waals surface area contributed by atoms with Crippen molar-refractivity contribution >= 4 is 17.2 Å². The quantitative estimate of drug-likeness (QED) is 0.689. The normalized spacial score (nSPS) is 10.9. The van der Waals surface area contributed by atoms with Crippen molar-refractivity contribution in [1.82, 2.24) is 14.6 Å². The number of nitrogens with zero attached hydrogens (tertiary/aromatic N) is 3. The third-order valence-electron chi connectivity index (χ3n) is 3.06. The summed E-state index contributed by atoms with van der Waals surface area (Å²) in [5.41, 5.74) is 3.61. The molecule has 4 nitrogen and oxygen atoms in total. The van der Waals surface area contributed by atoms with Crippen LogP contribution in [0, 0.1) is 0 Å². The molecule has 0 N–H and O–H groups in total. The van der Waals surface area contributed by atoms with Crippen molar-refractivity contribution in [3.05, 3.63) is 48.3 Å². The minimum atomic E-state index is 0.378. The lowest BCUT2D eigenvalue weighted by molar-refractivity contribution is 0.340. The molecule has 0 saturated carbocycles. The van der Waals surface area contributed by atoms with Crippen molar-refractivity contribution in [2.24, 2.45) is 0 Å². The van der Waals surface area contributed by atoms with E-state index in [-0.39, 0.29) is 0 Å². The third kappa shape index (κ3) is 2.23. The van der Waals surface area contributed by atoms with Gasteiger partial charge in [0.15, 0.2) is 5.65 Å². The molecule has 2 aromatic heterocycles. The molecule has 102 valence electrons. The molecule has 2 heterocycles. The number of alkyl halides is 1. The lowest BCUT2D eigenvalue weighted by Crippen LogP contribution is -1.91. The van der Waals surface area contributed by atoms with Crippen molar-refractivity contribution in [3.8, 4) is 17.0 Å². The van der Waals surface area contributed by atoms with Crippen LogP contribution in [0.25, 0.3) is 16.9 Å². The maximum Gasteiger partial charge on any atom is 0.159 e. The molecule has 0 spiro atoms. The highest BCUT2D eigenvalue weighted by Gasteiger charge is 2.14. The molecular weight excluding hydrogens is 274 g/mol. The molecule has 0 atom stereocenters. The molecule has 3 rings (SSSR count). The first-order valence-corrected chi connectivity index (χ1v) is 6.98. The van der Waals surface area contributed by atoms with Crippen LogP contribution in [0.4, 0.5) is 0 Å². The van der Waals surface area contributed by atoms with Crippen LogP contribution < -0.4 is 4.74 Å². The van der Waals surface area contributed by atoms with Crippen LogP contribution in [0.5, 0.6) is 5.75 Å². The summed E-state index contributed by atoms with van der Waals surface area (Å²) in [5.74, 6) is 1.23. The van der Waals surface area contributed by atoms with Gasteiger partial charge >= 0.3 is 0 Å². The van der Waals surface area contributed by atoms with Gasteiger partial charge in [0.25, 0.3) is 0 Å². The van der Waals surface area contributed by atoms with Crippen molar-refractivity contribution < 1.29 is 4.74 Å². The van der Waals surface area contributed by atoms with Gasteiger partial charge in [0.1, 0.15) is 5.75 Å². The molecule has 3 aromatic rings. The van der Waals surface area contributed by atoms with E-state index in [1.807, 2.05) is 43.5 Å². The average molecular weight is 288 g/mol. The second-order valence-electron chi connectivity index (χ2n) is 4.31. The van der Waals surface area contributed by atoms with Gasteiger partial charge in [-0.05, 0) is 37.3 Å². The zero-order valence-corrected chi connectivity index (χ0v) is 11.8. The number of halogens is 1. The van der Waals surface area contributed by atoms with Gasteiger partial charge in [-0.25, -0.2) is 9.50 Å². The molecule has 0 amide bonds. The maximum atomic E-state index is 6.07. The zero-order valence-electron chi connectivity index (χ0n) is 11.1. The lowest BCUT2D eigenvalue weighted by Gasteiger charge is -2.04. The molecule has 0 radical (unpaired) electrons. The number of rotatable bonds is 4. The van der Waals surface area contributed by atoms with Gasteiger partial charge in [0.2, 0.25) is 0 Å². The monoisotopic (exact) mass is 287 g/mol. The Morgan fingerprint density at radius 1 is 1.25 bits per heavy atom. The Hall–Kier alpha value is -2.07. The highest BCUT2D eigenvalue weighted by molar-refractivity contribution is 6.18. The van der Waals surface area contributed by atoms with E-state index in [0.717, 1.165) is 28.2 Å². The van der Waals surface area contributed by atoms with Gasteiger partial charge in [0, 0.05) is 23.5 Å². The van der Waals surface area contributed by atoms with Crippen molar-refractivity contribution in [1.29, 1.82) is 0 Å². The molecule has 0 fully saturated rings. The molecule has 1 aromatic carbocycles. The summed E-state index contributed by atoms with van der Waals surface area (Å²) in [6.45, 7) is 2.62. The van der Waals surface area contributed by atoms with Crippen LogP contribution in [-0.4, -0.2) is 21.2 Å². The Bertz CT molecular complexity index is 722. The highest BCUT2D eigenvalue weighted by Crippen LogP contribution is 2.28. The third-order valence-corrected chi connectivity index (χ3v) is 3.33. The van der Waals surface area contributed by atoms with E-state index in [1.165, 1.54) is 0 Å². The molecule has 0 aliphatic carbocycles. The Morgan fingerprint density at radius 2 is 2.05 bits per heavy atom. The summed E-state index contributed by atoms with van der Waals surface area (Å²) in [7, 11) is 0. The molecule has 5 heteroatoms. The highest BCUT2D eigenvalue weighted by atomic mass is 35.5. The summed E-state index contributed by atoms with van der Waals surface area (Å²) >= 11 is 6.07. The number of fused-ring (bicyclic) bond motifs is 1. The van der Waals surface area contributed by atoms with Gasteiger partial charge < -0.3 is 4.74 Å². The van der Waals surface area contributed by atoms with E-state index in [9.17, 15) is 0 Å². The van der Waals surface area contributed by atoms with Crippen molar-refractivity contribution in [2.75, 3.05) is 6.61 Å². The fourth-order valence-electron chi connectivity index (χ4n) is 2.16. The summed E-state index contributed by atoms with van der Waals surface area (Å²) in [6.07, 6.45) is 3.62. The van der Waals surface area contributed by atoms with Crippen LogP contribution in [0.2, 0.25) is 0 Å². The van der Waals surface area contributed by atoms with Gasteiger partial charge in [-0.3, -0.25) is 0 Å². The molecule has 0 unspecified atom stereocenters. The topological polar surface area (TPSA) is 39.4 Å². The van der Waals surface area contributed by atoms with Crippen molar-refractivity contribution in [3.63, 3.8) is 0 Å². The molecular formula is C15H14ClN3O. The lowest BCUT2D eigenvalue weighted by atomic mass is 10.1. The predicted molar refractivity (Wildman–Crippen MR) is 79.1 cm³/mol. The van der Waals surface area contributed by atoms with Gasteiger partial charge in [-0.1, -0.05) is 0 Å². The summed E-state index contributed by atoms with van der Waals surface area (Å²) < 4.78 is 7.20. The SMILES string of the molecule is CCOc1ccc(-c2nn3cccnc3c2CCl)cc1. The predicted octanol–water partition coefficient (Wildman–Crippen LogP) is 3.53. The molecule has 0 saturated heterocycles. The molecule has 0 bridgehead atoms. The van der Waals surface area contributed by atoms with E-state index in [2.05, 4.69) is 10.1 Å². The van der Waals surface area contributed by atoms with E-state index in [4.69, 9.17) is 16.3 Å². The number of benzene rings is 1. The number of aromatic nitrogens is 3. The number of hydrogen-bond donors (Lipinski definition) is 0. The van der Waals surface area contributed by atoms with Gasteiger partial charge in [-0.2, -0.15) is 5.10 Å². The first kappa shape index (κ1) is 12.9. The summed E-state index contributed by atoms with van der Waals surface area (Å²) in [5, 5.41) is 4.56. The number of ether oxygens (including phenoxy) is 1. The Kier molecular flexibility index (Phi) is 3.56. The zero-order chi connectivity index (χ0) is 13.9. The smallest absolute Gasteiger partial charge is 0.159 e. The second kappa shape index (κ2) is 5.51. The Labute approximate surface area is 122 Å². The first-order valence-electron chi connectivity index (χ1n) is 6.45. The first-order chi connectivity index (χ1) is 9.83. The van der Waals surface area contributed by atoms with Crippen LogP contribution in [0.15, 0.2) is 42.7 Å². The van der Waals surface area contributed by atoms with E-state index < -0.39 is 0 Å². The molecule has 0 aliphatic heterocycles. The summed E-state index contributed by atoms with van der Waals surface area (Å²) in [6, 6.07) is 9.70. The average Bonchev–Trinajstić information content (AvgIpc) is 2.87. The summed E-state index contributed by atoms with van der Waals surface area (Å²) in [4.78, 5) is 4.34. The van der Waals surface area contributed by atoms with Crippen LogP contribution >= 0.6 is 11.6 Å².